The maximum absolute atomic E-state index is 12.6. The zero-order valence-electron chi connectivity index (χ0n) is 20.2. The third-order valence-corrected chi connectivity index (χ3v) is 5.26. The van der Waals surface area contributed by atoms with E-state index >= 15 is 0 Å². The van der Waals surface area contributed by atoms with Crippen LogP contribution in [0.15, 0.2) is 58.8 Å². The molecule has 190 valence electrons. The summed E-state index contributed by atoms with van der Waals surface area (Å²) in [5, 5.41) is 20.1. The van der Waals surface area contributed by atoms with Crippen molar-refractivity contribution in [3.05, 3.63) is 64.9 Å². The van der Waals surface area contributed by atoms with E-state index in [0.717, 1.165) is 0 Å². The van der Waals surface area contributed by atoms with Crippen LogP contribution in [0.5, 0.6) is 17.2 Å². The second-order valence-corrected chi connectivity index (χ2v) is 7.98. The SMILES string of the molecule is CCOC(=O)C1=C(C)NC(=S)N[C@H]1c1ccccc1OCC(=O)NN=Cc1ccc(O)c(OCC)c1. The molecule has 0 bridgehead atoms. The van der Waals surface area contributed by atoms with Crippen LogP contribution in [0.3, 0.4) is 0 Å². The first-order valence-electron chi connectivity index (χ1n) is 11.3. The highest BCUT2D eigenvalue weighted by Gasteiger charge is 2.32. The molecule has 0 unspecified atom stereocenters. The third-order valence-electron chi connectivity index (χ3n) is 5.04. The van der Waals surface area contributed by atoms with E-state index < -0.39 is 17.9 Å². The molecule has 0 aromatic heterocycles. The van der Waals surface area contributed by atoms with E-state index in [1.54, 1.807) is 50.2 Å². The minimum absolute atomic E-state index is 0.0188. The molecule has 1 aliphatic heterocycles. The predicted octanol–water partition coefficient (Wildman–Crippen LogP) is 2.68. The van der Waals surface area contributed by atoms with Crippen molar-refractivity contribution in [1.82, 2.24) is 16.1 Å². The fraction of sp³-hybridized carbons (Fsp3) is 0.280. The van der Waals surface area contributed by atoms with Gasteiger partial charge in [0.1, 0.15) is 5.75 Å². The Kier molecular flexibility index (Phi) is 9.23. The lowest BCUT2D eigenvalue weighted by Gasteiger charge is -2.30. The lowest BCUT2D eigenvalue weighted by molar-refractivity contribution is -0.139. The molecule has 10 nitrogen and oxygen atoms in total. The summed E-state index contributed by atoms with van der Waals surface area (Å²) in [7, 11) is 0. The first-order valence-corrected chi connectivity index (χ1v) is 11.7. The predicted molar refractivity (Wildman–Crippen MR) is 138 cm³/mol. The van der Waals surface area contributed by atoms with Crippen molar-refractivity contribution in [3.63, 3.8) is 0 Å². The molecule has 1 heterocycles. The maximum Gasteiger partial charge on any atom is 0.338 e. The Hall–Kier alpha value is -4.12. The van der Waals surface area contributed by atoms with Gasteiger partial charge in [0.2, 0.25) is 0 Å². The van der Waals surface area contributed by atoms with Crippen molar-refractivity contribution < 1.29 is 28.9 Å². The quantitative estimate of drug-likeness (QED) is 0.164. The van der Waals surface area contributed by atoms with Gasteiger partial charge in [-0.15, -0.1) is 0 Å². The normalized spacial score (nSPS) is 15.2. The Bertz CT molecular complexity index is 1200. The number of hydrogen-bond acceptors (Lipinski definition) is 8. The summed E-state index contributed by atoms with van der Waals surface area (Å²) in [6.45, 7) is 5.59. The lowest BCUT2D eigenvalue weighted by atomic mass is 9.95. The van der Waals surface area contributed by atoms with Crippen LogP contribution < -0.4 is 25.5 Å². The number of para-hydroxylation sites is 1. The van der Waals surface area contributed by atoms with Crippen molar-refractivity contribution in [2.75, 3.05) is 19.8 Å². The van der Waals surface area contributed by atoms with Gasteiger partial charge in [0, 0.05) is 11.3 Å². The molecule has 0 fully saturated rings. The summed E-state index contributed by atoms with van der Waals surface area (Å²) in [5.41, 5.74) is 4.59. The molecule has 2 aromatic rings. The van der Waals surface area contributed by atoms with Gasteiger partial charge >= 0.3 is 5.97 Å². The van der Waals surface area contributed by atoms with Crippen LogP contribution in [0.25, 0.3) is 0 Å². The van der Waals surface area contributed by atoms with Crippen molar-refractivity contribution in [2.45, 2.75) is 26.8 Å². The smallest absolute Gasteiger partial charge is 0.338 e. The number of esters is 1. The number of nitrogens with one attached hydrogen (secondary N) is 3. The van der Waals surface area contributed by atoms with Crippen molar-refractivity contribution in [3.8, 4) is 17.2 Å². The molecule has 0 saturated carbocycles. The number of hydrazone groups is 1. The molecule has 4 N–H and O–H groups in total. The largest absolute Gasteiger partial charge is 0.504 e. The van der Waals surface area contributed by atoms with Gasteiger partial charge < -0.3 is 30.0 Å². The van der Waals surface area contributed by atoms with Crippen LogP contribution in [-0.4, -0.2) is 48.1 Å². The molecule has 1 amide bonds. The van der Waals surface area contributed by atoms with Crippen molar-refractivity contribution in [2.24, 2.45) is 5.10 Å². The Labute approximate surface area is 214 Å². The molecule has 3 rings (SSSR count). The van der Waals surface area contributed by atoms with E-state index in [-0.39, 0.29) is 19.0 Å². The molecular weight excluding hydrogens is 484 g/mol. The number of aromatic hydroxyl groups is 1. The third kappa shape index (κ3) is 6.72. The summed E-state index contributed by atoms with van der Waals surface area (Å²) >= 11 is 5.28. The number of allylic oxidation sites excluding steroid dienone is 1. The van der Waals surface area contributed by atoms with E-state index in [9.17, 15) is 14.7 Å². The summed E-state index contributed by atoms with van der Waals surface area (Å²) in [4.78, 5) is 25.0. The van der Waals surface area contributed by atoms with Crippen LogP contribution in [0.2, 0.25) is 0 Å². The Morgan fingerprint density at radius 3 is 2.67 bits per heavy atom. The molecule has 0 radical (unpaired) electrons. The minimum atomic E-state index is -0.621. The van der Waals surface area contributed by atoms with Gasteiger partial charge in [0.05, 0.1) is 31.0 Å². The second-order valence-electron chi connectivity index (χ2n) is 7.57. The highest BCUT2D eigenvalue weighted by atomic mass is 32.1. The Morgan fingerprint density at radius 2 is 1.92 bits per heavy atom. The highest BCUT2D eigenvalue weighted by molar-refractivity contribution is 7.80. The number of benzene rings is 2. The Morgan fingerprint density at radius 1 is 1.14 bits per heavy atom. The van der Waals surface area contributed by atoms with Gasteiger partial charge in [-0.05, 0) is 62.8 Å². The standard InChI is InChI=1S/C25H28N4O6S/c1-4-33-20-12-16(10-11-18(20)30)13-26-29-21(31)14-35-19-9-7-6-8-17(19)23-22(24(32)34-5-2)15(3)27-25(36)28-23/h6-13,23,30H,4-5,14H2,1-3H3,(H,29,31)(H2,27,28,36)/t23-/m0/s1. The zero-order valence-corrected chi connectivity index (χ0v) is 21.0. The van der Waals surface area contributed by atoms with E-state index in [4.69, 9.17) is 26.4 Å². The van der Waals surface area contributed by atoms with Crippen LogP contribution >= 0.6 is 12.2 Å². The molecule has 1 atom stereocenters. The molecule has 0 saturated heterocycles. The fourth-order valence-corrected chi connectivity index (χ4v) is 3.76. The highest BCUT2D eigenvalue weighted by Crippen LogP contribution is 2.33. The summed E-state index contributed by atoms with van der Waals surface area (Å²) in [6, 6.07) is 11.1. The number of hydrogen-bond donors (Lipinski definition) is 4. The zero-order chi connectivity index (χ0) is 26.1. The topological polar surface area (TPSA) is 131 Å². The number of thiocarbonyl (C=S) groups is 1. The number of amides is 1. The monoisotopic (exact) mass is 512 g/mol. The van der Waals surface area contributed by atoms with Crippen LogP contribution in [0.1, 0.15) is 37.9 Å². The van der Waals surface area contributed by atoms with Crippen molar-refractivity contribution >= 4 is 35.4 Å². The number of nitrogens with zero attached hydrogens (tertiary/aromatic N) is 1. The van der Waals surface area contributed by atoms with E-state index in [1.807, 2.05) is 6.92 Å². The number of phenolic OH excluding ortho intramolecular Hbond substituents is 1. The Balaban J connectivity index is 1.69. The number of phenols is 1. The van der Waals surface area contributed by atoms with Crippen molar-refractivity contribution in [1.29, 1.82) is 0 Å². The van der Waals surface area contributed by atoms with Gasteiger partial charge in [-0.1, -0.05) is 18.2 Å². The van der Waals surface area contributed by atoms with Crippen LogP contribution in [-0.2, 0) is 14.3 Å². The molecule has 1 aliphatic rings. The molecule has 0 aliphatic carbocycles. The number of rotatable bonds is 10. The van der Waals surface area contributed by atoms with Gasteiger partial charge in [0.15, 0.2) is 23.2 Å². The summed E-state index contributed by atoms with van der Waals surface area (Å²) in [6.07, 6.45) is 1.42. The average Bonchev–Trinajstić information content (AvgIpc) is 2.84. The second kappa shape index (κ2) is 12.5. The molecule has 36 heavy (non-hydrogen) atoms. The van der Waals surface area contributed by atoms with Gasteiger partial charge in [-0.3, -0.25) is 4.79 Å². The van der Waals surface area contributed by atoms with Crippen LogP contribution in [0.4, 0.5) is 0 Å². The molecule has 2 aromatic carbocycles. The number of carbonyl (C=O) groups is 2. The molecular formula is C25H28N4O6S. The van der Waals surface area contributed by atoms with E-state index in [1.165, 1.54) is 12.3 Å². The maximum atomic E-state index is 12.6. The lowest BCUT2D eigenvalue weighted by Crippen LogP contribution is -2.45. The minimum Gasteiger partial charge on any atom is -0.504 e. The molecule has 0 spiro atoms. The van der Waals surface area contributed by atoms with Crippen LogP contribution in [0, 0.1) is 0 Å². The first-order chi connectivity index (χ1) is 17.3. The first kappa shape index (κ1) is 26.5. The number of carbonyl (C=O) groups excluding carboxylic acids is 2. The van der Waals surface area contributed by atoms with E-state index in [0.29, 0.717) is 45.6 Å². The summed E-state index contributed by atoms with van der Waals surface area (Å²) in [5.74, 6) is -0.231. The van der Waals surface area contributed by atoms with Gasteiger partial charge in [0.25, 0.3) is 5.91 Å². The van der Waals surface area contributed by atoms with Gasteiger partial charge in [-0.25, -0.2) is 10.2 Å². The number of ether oxygens (including phenoxy) is 3. The van der Waals surface area contributed by atoms with Gasteiger partial charge in [-0.2, -0.15) is 5.10 Å². The average molecular weight is 513 g/mol. The fourth-order valence-electron chi connectivity index (χ4n) is 3.49. The van der Waals surface area contributed by atoms with E-state index in [2.05, 4.69) is 21.2 Å². The summed E-state index contributed by atoms with van der Waals surface area (Å²) < 4.78 is 16.3. The molecule has 11 heteroatoms.